The summed E-state index contributed by atoms with van der Waals surface area (Å²) in [5.74, 6) is -3.44. The molecule has 0 N–H and O–H groups in total. The molecule has 0 radical (unpaired) electrons. The summed E-state index contributed by atoms with van der Waals surface area (Å²) in [5, 5.41) is 22.2. The zero-order valence-corrected chi connectivity index (χ0v) is 76.0. The van der Waals surface area contributed by atoms with Crippen molar-refractivity contribution in [3.05, 3.63) is 310 Å². The smallest absolute Gasteiger partial charge is 0.448 e. The molecule has 0 aliphatic carbocycles. The molecule has 17 rings (SSSR count). The molecule has 0 saturated heterocycles. The van der Waals surface area contributed by atoms with Crippen molar-refractivity contribution < 1.29 is 83.8 Å². The monoisotopic (exact) mass is 1830 g/mol. The average molecular weight is 1830 g/mol. The van der Waals surface area contributed by atoms with Gasteiger partial charge in [-0.1, -0.05) is 247 Å². The van der Waals surface area contributed by atoms with Crippen LogP contribution in [0.3, 0.4) is 0 Å². The molecule has 5 aromatic heterocycles. The zero-order chi connectivity index (χ0) is 93.9. The number of methoxy groups -OCH3 is 1. The fourth-order valence-electron chi connectivity index (χ4n) is 15.1. The van der Waals surface area contributed by atoms with E-state index in [2.05, 4.69) is 25.5 Å². The first-order chi connectivity index (χ1) is 64.1. The van der Waals surface area contributed by atoms with E-state index in [0.717, 1.165) is 95.4 Å². The molecule has 133 heavy (non-hydrogen) atoms. The second-order valence-electron chi connectivity index (χ2n) is 33.9. The number of carbonyl (C=O) groups excluding carboxylic acids is 5. The Kier molecular flexibility index (Phi) is 33.6. The van der Waals surface area contributed by atoms with Crippen molar-refractivity contribution in [2.24, 2.45) is 11.3 Å². The second kappa shape index (κ2) is 46.0. The molecule has 5 amide bonds. The van der Waals surface area contributed by atoms with Crippen LogP contribution < -0.4 is 23.7 Å². The van der Waals surface area contributed by atoms with Gasteiger partial charge in [-0.3, -0.25) is 47.4 Å². The number of nitrogens with zero attached hydrogens (tertiary/aromatic N) is 15. The van der Waals surface area contributed by atoms with E-state index < -0.39 is 36.8 Å². The number of amides is 5. The standard InChI is InChI=1S/C24H24F3N3O4.C22H23N3O3.C18H21F2N3O2.2C18H23N3O2/c1-32-23(24(25,26)27,19-10-6-3-7-11-19)34-17-22(31)29-12-13-30-20(15-29)14-21(28-30)33-16-18-8-4-2-5-9-18;26-22(17-27-15-18-7-3-1-4-8-18)24-11-12-25-20(14-24)13-21(23-25)28-16-19-9-5-2-6-10-19;1-18(19,20)8-7-17(24)22-9-10-23-15(12-22)11-16(21-23)25-13-14-5-3-2-4-6-14;1-18(2,3)17(22)20-9-10-21-15(12-20)11-16(19-21)23-13-14-7-5-4-6-8-14;1-3-14(2)18(22)20-9-10-21-16(12-20)11-17(19-21)23-13-15-7-5-4-6-8-15/h2-11,14H,12-13,15-17H2,1H3;1-10,13H,11-12,14-17H2;2-6,11H,7-10,12-13H2,1H3;4-8,11H,9-10,12-13H2,1-3H3;4-8,11,14H,3,9-10,12-13H2,1-2H3/t23-;;;;/m0..../s1. The number of alkyl halides is 5. The van der Waals surface area contributed by atoms with Gasteiger partial charge >= 0.3 is 6.18 Å². The fraction of sp³-hybridized carbons (Fsp3) is 0.380. The molecule has 1 unspecified atom stereocenters. The Balaban J connectivity index is 0.000000142. The lowest BCUT2D eigenvalue weighted by Crippen LogP contribution is -2.49. The Morgan fingerprint density at radius 2 is 0.639 bits per heavy atom. The summed E-state index contributed by atoms with van der Waals surface area (Å²) in [6.07, 6.45) is -4.59. The Labute approximate surface area is 770 Å². The summed E-state index contributed by atoms with van der Waals surface area (Å²) >= 11 is 0. The number of carbonyl (C=O) groups is 5. The van der Waals surface area contributed by atoms with Crippen LogP contribution in [0.25, 0.3) is 0 Å². The van der Waals surface area contributed by atoms with E-state index in [9.17, 15) is 45.9 Å². The van der Waals surface area contributed by atoms with Crippen molar-refractivity contribution in [2.75, 3.05) is 53.0 Å². The van der Waals surface area contributed by atoms with Gasteiger partial charge in [0.25, 0.3) is 5.79 Å². The first-order valence-electron chi connectivity index (χ1n) is 44.5. The molecule has 28 nitrogen and oxygen atoms in total. The van der Waals surface area contributed by atoms with E-state index in [0.29, 0.717) is 141 Å². The molecule has 2 atom stereocenters. The molecular weight excluding hydrogens is 1710 g/mol. The van der Waals surface area contributed by atoms with Crippen molar-refractivity contribution in [2.45, 2.75) is 184 Å². The molecule has 702 valence electrons. The summed E-state index contributed by atoms with van der Waals surface area (Å²) in [5.41, 5.74) is 10.5. The number of hydrogen-bond acceptors (Lipinski definition) is 18. The van der Waals surface area contributed by atoms with Crippen molar-refractivity contribution in [3.63, 3.8) is 0 Å². The van der Waals surface area contributed by atoms with Crippen molar-refractivity contribution in [1.29, 1.82) is 0 Å². The summed E-state index contributed by atoms with van der Waals surface area (Å²) in [7, 11) is 0.904. The molecule has 5 aliphatic rings. The van der Waals surface area contributed by atoms with Crippen LogP contribution in [0.2, 0.25) is 0 Å². The van der Waals surface area contributed by atoms with Gasteiger partial charge in [0, 0.05) is 99.9 Å². The molecule has 33 heteroatoms. The first kappa shape index (κ1) is 97.0. The highest BCUT2D eigenvalue weighted by atomic mass is 19.4. The Bertz CT molecular complexity index is 5700. The summed E-state index contributed by atoms with van der Waals surface area (Å²) in [6, 6.07) is 75.6. The van der Waals surface area contributed by atoms with Crippen molar-refractivity contribution in [3.8, 4) is 29.4 Å². The Hall–Kier alpha value is -13.5. The molecule has 0 spiro atoms. The van der Waals surface area contributed by atoms with Crippen LogP contribution in [-0.2, 0) is 149 Å². The van der Waals surface area contributed by atoms with Gasteiger partial charge in [0.05, 0.1) is 101 Å². The van der Waals surface area contributed by atoms with E-state index in [-0.39, 0.29) is 66.6 Å². The molecule has 0 saturated carbocycles. The normalized spacial score (nSPS) is 14.5. The number of halogens is 5. The van der Waals surface area contributed by atoms with Gasteiger partial charge in [-0.05, 0) is 46.7 Å². The Morgan fingerprint density at radius 3 is 0.940 bits per heavy atom. The highest BCUT2D eigenvalue weighted by Crippen LogP contribution is 2.43. The zero-order valence-electron chi connectivity index (χ0n) is 76.0. The van der Waals surface area contributed by atoms with E-state index >= 15 is 0 Å². The molecule has 0 bridgehead atoms. The number of ether oxygens (including phenoxy) is 8. The first-order valence-corrected chi connectivity index (χ1v) is 44.5. The predicted octanol–water partition coefficient (Wildman–Crippen LogP) is 15.8. The molecule has 10 heterocycles. The maximum absolute atomic E-state index is 13.9. The maximum Gasteiger partial charge on any atom is 0.448 e. The van der Waals surface area contributed by atoms with Crippen LogP contribution in [-0.4, -0.2) is 168 Å². The van der Waals surface area contributed by atoms with Gasteiger partial charge in [-0.2, -0.15) is 13.2 Å². The van der Waals surface area contributed by atoms with Crippen LogP contribution in [0.5, 0.6) is 29.4 Å². The number of benzene rings is 7. The van der Waals surface area contributed by atoms with Crippen LogP contribution >= 0.6 is 0 Å². The van der Waals surface area contributed by atoms with Crippen LogP contribution in [0.4, 0.5) is 22.0 Å². The maximum atomic E-state index is 13.9. The summed E-state index contributed by atoms with van der Waals surface area (Å²) in [4.78, 5) is 70.7. The van der Waals surface area contributed by atoms with Crippen molar-refractivity contribution >= 4 is 29.5 Å². The van der Waals surface area contributed by atoms with Crippen LogP contribution in [0, 0.1) is 11.3 Å². The van der Waals surface area contributed by atoms with E-state index in [1.807, 2.05) is 264 Å². The van der Waals surface area contributed by atoms with E-state index in [4.69, 9.17) is 37.9 Å². The second-order valence-corrected chi connectivity index (χ2v) is 33.9. The van der Waals surface area contributed by atoms with E-state index in [1.165, 1.54) is 29.2 Å². The van der Waals surface area contributed by atoms with Gasteiger partial charge < -0.3 is 62.4 Å². The van der Waals surface area contributed by atoms with Crippen molar-refractivity contribution in [1.82, 2.24) is 73.4 Å². The minimum Gasteiger partial charge on any atom is -0.472 e. The SMILES string of the molecule is CC(C)(C)C(=O)N1CCn2nc(OCc3ccccc3)cc2C1.CC(F)(F)CCC(=O)N1CCn2nc(OCc3ccccc3)cc2C1.CCC(C)C(=O)N1CCn2nc(OCc3ccccc3)cc2C1.CO[C@](OCC(=O)N1CCn2nc(OCc3ccccc3)cc2C1)(c1ccccc1)C(F)(F)F.O=C(COCc1ccccc1)N1CCn2nc(OCc3ccccc3)cc2C1. The van der Waals surface area contributed by atoms with Crippen LogP contribution in [0.1, 0.15) is 128 Å². The quantitative estimate of drug-likeness (QED) is 0.0311. The van der Waals surface area contributed by atoms with Crippen LogP contribution in [0.15, 0.2) is 243 Å². The third kappa shape index (κ3) is 27.8. The average Bonchev–Trinajstić information content (AvgIpc) is 1.51. The predicted molar refractivity (Wildman–Crippen MR) is 484 cm³/mol. The lowest BCUT2D eigenvalue weighted by atomic mass is 9.94. The molecule has 0 fully saturated rings. The van der Waals surface area contributed by atoms with Gasteiger partial charge in [0.2, 0.25) is 64.9 Å². The minimum atomic E-state index is -4.89. The van der Waals surface area contributed by atoms with Gasteiger partial charge in [-0.25, -0.2) is 8.78 Å². The highest BCUT2D eigenvalue weighted by Gasteiger charge is 2.59. The molecular formula is C100H114F5N15O13. The largest absolute Gasteiger partial charge is 0.472 e. The number of fused-ring (bicyclic) bond motifs is 5. The van der Waals surface area contributed by atoms with E-state index in [1.54, 1.807) is 32.5 Å². The lowest BCUT2D eigenvalue weighted by molar-refractivity contribution is -0.382. The molecule has 5 aliphatic heterocycles. The fourth-order valence-corrected chi connectivity index (χ4v) is 15.1. The highest BCUT2D eigenvalue weighted by molar-refractivity contribution is 5.82. The number of hydrogen-bond donors (Lipinski definition) is 0. The number of aromatic nitrogens is 10. The lowest BCUT2D eigenvalue weighted by Gasteiger charge is -2.35. The number of rotatable bonds is 29. The van der Waals surface area contributed by atoms with Gasteiger partial charge in [-0.15, -0.1) is 25.5 Å². The molecule has 7 aromatic carbocycles. The summed E-state index contributed by atoms with van der Waals surface area (Å²) in [6.45, 7) is 20.8. The molecule has 12 aromatic rings. The minimum absolute atomic E-state index is 0.00450. The topological polar surface area (TPSA) is 264 Å². The van der Waals surface area contributed by atoms with Gasteiger partial charge in [0.15, 0.2) is 0 Å². The Morgan fingerprint density at radius 1 is 0.361 bits per heavy atom. The third-order valence-corrected chi connectivity index (χ3v) is 22.7. The van der Waals surface area contributed by atoms with Gasteiger partial charge in [0.1, 0.15) is 46.2 Å². The summed E-state index contributed by atoms with van der Waals surface area (Å²) < 4.78 is 121. The third-order valence-electron chi connectivity index (χ3n) is 22.7.